The van der Waals surface area contributed by atoms with Gasteiger partial charge in [0.2, 0.25) is 11.8 Å². The van der Waals surface area contributed by atoms with Crippen LogP contribution in [-0.2, 0) is 9.59 Å². The van der Waals surface area contributed by atoms with Gasteiger partial charge in [0.1, 0.15) is 5.82 Å². The highest BCUT2D eigenvalue weighted by Gasteiger charge is 2.27. The largest absolute Gasteiger partial charge is 0.339 e. The minimum absolute atomic E-state index is 0.0560. The van der Waals surface area contributed by atoms with Gasteiger partial charge in [0.15, 0.2) is 0 Å². The summed E-state index contributed by atoms with van der Waals surface area (Å²) in [6.07, 6.45) is 6.17. The fourth-order valence-corrected chi connectivity index (χ4v) is 4.13. The second kappa shape index (κ2) is 10.0. The van der Waals surface area contributed by atoms with Crippen molar-refractivity contribution in [2.45, 2.75) is 26.7 Å². The lowest BCUT2D eigenvalue weighted by molar-refractivity contribution is -0.130. The first kappa shape index (κ1) is 22.7. The van der Waals surface area contributed by atoms with Crippen molar-refractivity contribution in [1.82, 2.24) is 19.7 Å². The first-order chi connectivity index (χ1) is 15.9. The number of hydrogen-bond donors (Lipinski definition) is 1. The van der Waals surface area contributed by atoms with E-state index in [1.54, 1.807) is 23.1 Å². The lowest BCUT2D eigenvalue weighted by Crippen LogP contribution is -2.40. The molecule has 3 aromatic rings. The average Bonchev–Trinajstić information content (AvgIpc) is 3.12. The number of pyridine rings is 1. The molecule has 1 saturated heterocycles. The molecule has 3 heterocycles. The minimum atomic E-state index is -0.149. The van der Waals surface area contributed by atoms with Crippen LogP contribution in [0.15, 0.2) is 54.7 Å². The standard InChI is InChI=1S/C25H26ClN5O2/c1-17-22(18(2)31(29-17)21-6-4-3-5-7-21)9-11-24(32)30-14-12-19(13-15-30)25(33)28-23-10-8-20(26)16-27-23/h3-11,16,19H,12-15H2,1-2H3,(H,27,28,33)/b11-9+. The Labute approximate surface area is 198 Å². The number of piperidine rings is 1. The van der Waals surface area contributed by atoms with Gasteiger partial charge in [-0.3, -0.25) is 9.59 Å². The van der Waals surface area contributed by atoms with Gasteiger partial charge in [-0.2, -0.15) is 5.10 Å². The number of nitrogens with zero attached hydrogens (tertiary/aromatic N) is 4. The van der Waals surface area contributed by atoms with Crippen molar-refractivity contribution in [3.05, 3.63) is 76.7 Å². The van der Waals surface area contributed by atoms with E-state index in [1.165, 1.54) is 6.20 Å². The predicted molar refractivity (Wildman–Crippen MR) is 129 cm³/mol. The lowest BCUT2D eigenvalue weighted by atomic mass is 9.96. The van der Waals surface area contributed by atoms with Crippen LogP contribution in [0.25, 0.3) is 11.8 Å². The van der Waals surface area contributed by atoms with Gasteiger partial charge in [-0.25, -0.2) is 9.67 Å². The molecule has 4 rings (SSSR count). The molecule has 8 heteroatoms. The zero-order valence-corrected chi connectivity index (χ0v) is 19.4. The number of anilines is 1. The molecule has 0 aliphatic carbocycles. The zero-order chi connectivity index (χ0) is 23.4. The molecule has 1 N–H and O–H groups in total. The SMILES string of the molecule is Cc1nn(-c2ccccc2)c(C)c1/C=C/C(=O)N1CCC(C(=O)Nc2ccc(Cl)cn2)CC1. The Kier molecular flexibility index (Phi) is 6.89. The highest BCUT2D eigenvalue weighted by atomic mass is 35.5. The van der Waals surface area contributed by atoms with E-state index in [0.717, 1.165) is 22.6 Å². The molecule has 2 amide bonds. The third kappa shape index (κ3) is 5.31. The molecule has 170 valence electrons. The van der Waals surface area contributed by atoms with E-state index in [0.29, 0.717) is 36.8 Å². The molecule has 0 unspecified atom stereocenters. The van der Waals surface area contributed by atoms with Gasteiger partial charge in [-0.15, -0.1) is 0 Å². The van der Waals surface area contributed by atoms with Gasteiger partial charge in [-0.1, -0.05) is 29.8 Å². The normalized spacial score (nSPS) is 14.6. The van der Waals surface area contributed by atoms with Crippen LogP contribution in [0.2, 0.25) is 5.02 Å². The summed E-state index contributed by atoms with van der Waals surface area (Å²) in [5, 5.41) is 7.96. The van der Waals surface area contributed by atoms with Crippen LogP contribution in [0, 0.1) is 19.8 Å². The Morgan fingerprint density at radius 3 is 2.48 bits per heavy atom. The smallest absolute Gasteiger partial charge is 0.246 e. The summed E-state index contributed by atoms with van der Waals surface area (Å²) in [7, 11) is 0. The summed E-state index contributed by atoms with van der Waals surface area (Å²) < 4.78 is 1.89. The molecular formula is C25H26ClN5O2. The Hall–Kier alpha value is -3.45. The first-order valence-electron chi connectivity index (χ1n) is 10.9. The molecule has 7 nitrogen and oxygen atoms in total. The van der Waals surface area contributed by atoms with Crippen molar-refractivity contribution in [2.75, 3.05) is 18.4 Å². The predicted octanol–water partition coefficient (Wildman–Crippen LogP) is 4.43. The maximum atomic E-state index is 12.8. The number of para-hydroxylation sites is 1. The van der Waals surface area contributed by atoms with Gasteiger partial charge in [0.05, 0.1) is 16.4 Å². The van der Waals surface area contributed by atoms with E-state index in [9.17, 15) is 9.59 Å². The first-order valence-corrected chi connectivity index (χ1v) is 11.3. The van der Waals surface area contributed by atoms with Crippen molar-refractivity contribution in [2.24, 2.45) is 5.92 Å². The Bertz CT molecular complexity index is 1160. The van der Waals surface area contributed by atoms with Gasteiger partial charge in [0, 0.05) is 42.5 Å². The van der Waals surface area contributed by atoms with Gasteiger partial charge in [0.25, 0.3) is 0 Å². The number of benzene rings is 1. The quantitative estimate of drug-likeness (QED) is 0.568. The molecule has 1 aliphatic rings. The van der Waals surface area contributed by atoms with Crippen LogP contribution < -0.4 is 5.32 Å². The van der Waals surface area contributed by atoms with Crippen LogP contribution in [0.1, 0.15) is 29.8 Å². The van der Waals surface area contributed by atoms with E-state index in [1.807, 2.05) is 54.9 Å². The number of amides is 2. The fraction of sp³-hybridized carbons (Fsp3) is 0.280. The summed E-state index contributed by atoms with van der Waals surface area (Å²) in [5.41, 5.74) is 3.77. The Balaban J connectivity index is 1.34. The summed E-state index contributed by atoms with van der Waals surface area (Å²) in [4.78, 5) is 31.2. The Morgan fingerprint density at radius 2 is 1.82 bits per heavy atom. The molecule has 2 aromatic heterocycles. The van der Waals surface area contributed by atoms with Crippen LogP contribution in [0.3, 0.4) is 0 Å². The lowest BCUT2D eigenvalue weighted by Gasteiger charge is -2.30. The highest BCUT2D eigenvalue weighted by molar-refractivity contribution is 6.30. The van der Waals surface area contributed by atoms with Crippen LogP contribution in [-0.4, -0.2) is 44.6 Å². The molecule has 0 atom stereocenters. The number of nitrogens with one attached hydrogen (secondary N) is 1. The van der Waals surface area contributed by atoms with Crippen molar-refractivity contribution < 1.29 is 9.59 Å². The number of aromatic nitrogens is 3. The van der Waals surface area contributed by atoms with Gasteiger partial charge < -0.3 is 10.2 Å². The topological polar surface area (TPSA) is 80.1 Å². The molecule has 0 spiro atoms. The number of carbonyl (C=O) groups excluding carboxylic acids is 2. The maximum Gasteiger partial charge on any atom is 0.246 e. The fourth-order valence-electron chi connectivity index (χ4n) is 4.02. The molecule has 1 aliphatic heterocycles. The molecule has 33 heavy (non-hydrogen) atoms. The number of aryl methyl sites for hydroxylation is 1. The highest BCUT2D eigenvalue weighted by Crippen LogP contribution is 2.22. The van der Waals surface area contributed by atoms with E-state index >= 15 is 0 Å². The van der Waals surface area contributed by atoms with Crippen LogP contribution >= 0.6 is 11.6 Å². The number of likely N-dealkylation sites (tertiary alicyclic amines) is 1. The minimum Gasteiger partial charge on any atom is -0.339 e. The zero-order valence-electron chi connectivity index (χ0n) is 18.7. The van der Waals surface area contributed by atoms with Crippen LogP contribution in [0.5, 0.6) is 0 Å². The maximum absolute atomic E-state index is 12.8. The summed E-state index contributed by atoms with van der Waals surface area (Å²) in [6.45, 7) is 5.01. The summed E-state index contributed by atoms with van der Waals surface area (Å²) in [6, 6.07) is 13.3. The molecule has 0 radical (unpaired) electrons. The molecule has 1 aromatic carbocycles. The van der Waals surface area contributed by atoms with E-state index in [-0.39, 0.29) is 17.7 Å². The van der Waals surface area contributed by atoms with Crippen molar-refractivity contribution in [3.8, 4) is 5.69 Å². The van der Waals surface area contributed by atoms with Gasteiger partial charge >= 0.3 is 0 Å². The van der Waals surface area contributed by atoms with Crippen molar-refractivity contribution in [3.63, 3.8) is 0 Å². The second-order valence-corrected chi connectivity index (χ2v) is 8.55. The van der Waals surface area contributed by atoms with Crippen LogP contribution in [0.4, 0.5) is 5.82 Å². The van der Waals surface area contributed by atoms with E-state index < -0.39 is 0 Å². The number of halogens is 1. The van der Waals surface area contributed by atoms with Gasteiger partial charge in [-0.05, 0) is 57.0 Å². The number of hydrogen-bond acceptors (Lipinski definition) is 4. The monoisotopic (exact) mass is 463 g/mol. The third-order valence-corrected chi connectivity index (χ3v) is 6.12. The van der Waals surface area contributed by atoms with Crippen molar-refractivity contribution in [1.29, 1.82) is 0 Å². The summed E-state index contributed by atoms with van der Waals surface area (Å²) in [5.74, 6) is 0.197. The average molecular weight is 464 g/mol. The van der Waals surface area contributed by atoms with E-state index in [2.05, 4.69) is 15.4 Å². The Morgan fingerprint density at radius 1 is 1.09 bits per heavy atom. The van der Waals surface area contributed by atoms with Crippen molar-refractivity contribution >= 4 is 35.3 Å². The second-order valence-electron chi connectivity index (χ2n) is 8.12. The molecule has 0 bridgehead atoms. The molecular weight excluding hydrogens is 438 g/mol. The third-order valence-electron chi connectivity index (χ3n) is 5.90. The molecule has 0 saturated carbocycles. The number of rotatable bonds is 5. The molecule has 1 fully saturated rings. The van der Waals surface area contributed by atoms with E-state index in [4.69, 9.17) is 11.6 Å². The summed E-state index contributed by atoms with van der Waals surface area (Å²) >= 11 is 5.83. The number of carbonyl (C=O) groups is 2.